The van der Waals surface area contributed by atoms with Crippen LogP contribution in [0.2, 0.25) is 0 Å². The van der Waals surface area contributed by atoms with Gasteiger partial charge in [0.2, 0.25) is 5.91 Å². The van der Waals surface area contributed by atoms with Gasteiger partial charge in [-0.2, -0.15) is 0 Å². The molecule has 0 unspecified atom stereocenters. The standard InChI is InChI=1S/C13H18ClNO/c1-3-10(2)11-4-6-12(7-5-11)15-13(16)8-9-14/h4-7,10H,3,8-9H2,1-2H3,(H,15,16)/t10-/m1/s1. The van der Waals surface area contributed by atoms with Gasteiger partial charge in [-0.3, -0.25) is 4.79 Å². The molecule has 0 saturated carbocycles. The monoisotopic (exact) mass is 239 g/mol. The van der Waals surface area contributed by atoms with Gasteiger partial charge in [0.1, 0.15) is 0 Å². The number of alkyl halides is 1. The van der Waals surface area contributed by atoms with E-state index in [2.05, 4.69) is 31.3 Å². The van der Waals surface area contributed by atoms with Crippen LogP contribution >= 0.6 is 11.6 Å². The van der Waals surface area contributed by atoms with Crippen LogP contribution in [0, 0.1) is 0 Å². The van der Waals surface area contributed by atoms with E-state index in [1.54, 1.807) is 0 Å². The van der Waals surface area contributed by atoms with Crippen molar-refractivity contribution in [3.05, 3.63) is 29.8 Å². The van der Waals surface area contributed by atoms with Gasteiger partial charge in [0, 0.05) is 18.0 Å². The predicted octanol–water partition coefficient (Wildman–Crippen LogP) is 3.77. The van der Waals surface area contributed by atoms with Gasteiger partial charge >= 0.3 is 0 Å². The number of anilines is 1. The molecule has 0 heterocycles. The summed E-state index contributed by atoms with van der Waals surface area (Å²) in [6, 6.07) is 8.00. The van der Waals surface area contributed by atoms with E-state index in [1.807, 2.05) is 12.1 Å². The van der Waals surface area contributed by atoms with Gasteiger partial charge in [0.25, 0.3) is 0 Å². The molecule has 1 atom stereocenters. The fourth-order valence-electron chi connectivity index (χ4n) is 1.44. The van der Waals surface area contributed by atoms with E-state index >= 15 is 0 Å². The highest BCUT2D eigenvalue weighted by molar-refractivity contribution is 6.19. The Morgan fingerprint density at radius 3 is 2.50 bits per heavy atom. The first-order valence-corrected chi connectivity index (χ1v) is 6.16. The molecule has 0 fully saturated rings. The quantitative estimate of drug-likeness (QED) is 0.779. The van der Waals surface area contributed by atoms with E-state index in [-0.39, 0.29) is 5.91 Å². The van der Waals surface area contributed by atoms with Crippen LogP contribution in [0.15, 0.2) is 24.3 Å². The molecule has 2 nitrogen and oxygen atoms in total. The number of carbonyl (C=O) groups is 1. The zero-order valence-electron chi connectivity index (χ0n) is 9.79. The topological polar surface area (TPSA) is 29.1 Å². The fourth-order valence-corrected chi connectivity index (χ4v) is 1.61. The number of rotatable bonds is 5. The van der Waals surface area contributed by atoms with Crippen LogP contribution in [0.25, 0.3) is 0 Å². The first-order valence-electron chi connectivity index (χ1n) is 5.63. The van der Waals surface area contributed by atoms with Crippen molar-refractivity contribution in [1.29, 1.82) is 0 Å². The highest BCUT2D eigenvalue weighted by Gasteiger charge is 2.04. The van der Waals surface area contributed by atoms with Crippen molar-refractivity contribution in [3.8, 4) is 0 Å². The average Bonchev–Trinajstić information content (AvgIpc) is 2.29. The molecule has 0 aliphatic carbocycles. The highest BCUT2D eigenvalue weighted by atomic mass is 35.5. The maximum Gasteiger partial charge on any atom is 0.225 e. The Kier molecular flexibility index (Phi) is 5.33. The molecule has 1 aromatic carbocycles. The number of hydrogen-bond acceptors (Lipinski definition) is 1. The number of halogens is 1. The lowest BCUT2D eigenvalue weighted by atomic mass is 9.99. The van der Waals surface area contributed by atoms with E-state index in [9.17, 15) is 4.79 Å². The minimum atomic E-state index is -0.0358. The van der Waals surface area contributed by atoms with Crippen molar-refractivity contribution in [2.45, 2.75) is 32.6 Å². The van der Waals surface area contributed by atoms with Crippen molar-refractivity contribution in [2.24, 2.45) is 0 Å². The van der Waals surface area contributed by atoms with Crippen LogP contribution in [0.1, 0.15) is 38.2 Å². The first-order chi connectivity index (χ1) is 7.67. The maximum absolute atomic E-state index is 11.3. The summed E-state index contributed by atoms with van der Waals surface area (Å²) in [5.74, 6) is 0.885. The van der Waals surface area contributed by atoms with Crippen LogP contribution in [-0.4, -0.2) is 11.8 Å². The summed E-state index contributed by atoms with van der Waals surface area (Å²) in [5, 5.41) is 2.80. The van der Waals surface area contributed by atoms with E-state index in [0.29, 0.717) is 18.2 Å². The lowest BCUT2D eigenvalue weighted by molar-refractivity contribution is -0.115. The van der Waals surface area contributed by atoms with E-state index in [4.69, 9.17) is 11.6 Å². The molecule has 0 aliphatic rings. The van der Waals surface area contributed by atoms with Gasteiger partial charge in [0.15, 0.2) is 0 Å². The molecule has 0 radical (unpaired) electrons. The van der Waals surface area contributed by atoms with E-state index < -0.39 is 0 Å². The van der Waals surface area contributed by atoms with Crippen molar-refractivity contribution in [3.63, 3.8) is 0 Å². The number of benzene rings is 1. The van der Waals surface area contributed by atoms with Crippen molar-refractivity contribution in [1.82, 2.24) is 0 Å². The maximum atomic E-state index is 11.3. The molecule has 0 saturated heterocycles. The zero-order valence-corrected chi connectivity index (χ0v) is 10.6. The molecule has 1 N–H and O–H groups in total. The second kappa shape index (κ2) is 6.54. The van der Waals surface area contributed by atoms with Crippen LogP contribution in [0.4, 0.5) is 5.69 Å². The summed E-state index contributed by atoms with van der Waals surface area (Å²) < 4.78 is 0. The van der Waals surface area contributed by atoms with E-state index in [1.165, 1.54) is 5.56 Å². The Hall–Kier alpha value is -1.02. The summed E-state index contributed by atoms with van der Waals surface area (Å²) in [7, 11) is 0. The van der Waals surface area contributed by atoms with Gasteiger partial charge in [-0.05, 0) is 30.0 Å². The Morgan fingerprint density at radius 1 is 1.38 bits per heavy atom. The second-order valence-corrected chi connectivity index (χ2v) is 4.30. The van der Waals surface area contributed by atoms with Crippen LogP contribution in [-0.2, 0) is 4.79 Å². The van der Waals surface area contributed by atoms with E-state index in [0.717, 1.165) is 12.1 Å². The Balaban J connectivity index is 2.61. The van der Waals surface area contributed by atoms with Crippen LogP contribution in [0.3, 0.4) is 0 Å². The third kappa shape index (κ3) is 3.86. The van der Waals surface area contributed by atoms with Crippen LogP contribution < -0.4 is 5.32 Å². The number of nitrogens with one attached hydrogen (secondary N) is 1. The molecule has 0 aliphatic heterocycles. The molecule has 0 aromatic heterocycles. The third-order valence-electron chi connectivity index (χ3n) is 2.70. The summed E-state index contributed by atoms with van der Waals surface area (Å²) >= 11 is 5.49. The molecule has 1 rings (SSSR count). The number of hydrogen-bond donors (Lipinski definition) is 1. The molecular formula is C13H18ClNO. The minimum Gasteiger partial charge on any atom is -0.326 e. The predicted molar refractivity (Wildman–Crippen MR) is 69.1 cm³/mol. The fraction of sp³-hybridized carbons (Fsp3) is 0.462. The van der Waals surface area contributed by atoms with Crippen molar-refractivity contribution >= 4 is 23.2 Å². The summed E-state index contributed by atoms with van der Waals surface area (Å²) in [5.41, 5.74) is 2.14. The molecule has 0 bridgehead atoms. The van der Waals surface area contributed by atoms with Crippen molar-refractivity contribution < 1.29 is 4.79 Å². The molecular weight excluding hydrogens is 222 g/mol. The first kappa shape index (κ1) is 13.0. The van der Waals surface area contributed by atoms with Gasteiger partial charge < -0.3 is 5.32 Å². The van der Waals surface area contributed by atoms with Gasteiger partial charge in [0.05, 0.1) is 0 Å². The third-order valence-corrected chi connectivity index (χ3v) is 2.89. The normalized spacial score (nSPS) is 12.2. The molecule has 3 heteroatoms. The SMILES string of the molecule is CC[C@@H](C)c1ccc(NC(=O)CCCl)cc1. The largest absolute Gasteiger partial charge is 0.326 e. The highest BCUT2D eigenvalue weighted by Crippen LogP contribution is 2.20. The zero-order chi connectivity index (χ0) is 12.0. The number of carbonyl (C=O) groups excluding carboxylic acids is 1. The summed E-state index contributed by atoms with van der Waals surface area (Å²) in [6.45, 7) is 4.36. The van der Waals surface area contributed by atoms with Crippen molar-refractivity contribution in [2.75, 3.05) is 11.2 Å². The Morgan fingerprint density at radius 2 is 2.00 bits per heavy atom. The molecule has 16 heavy (non-hydrogen) atoms. The Labute approximate surface area is 102 Å². The average molecular weight is 240 g/mol. The smallest absolute Gasteiger partial charge is 0.225 e. The van der Waals surface area contributed by atoms with Gasteiger partial charge in [-0.1, -0.05) is 26.0 Å². The lowest BCUT2D eigenvalue weighted by Gasteiger charge is -2.10. The minimum absolute atomic E-state index is 0.0358. The molecule has 0 spiro atoms. The summed E-state index contributed by atoms with van der Waals surface area (Å²) in [6.07, 6.45) is 1.48. The van der Waals surface area contributed by atoms with Gasteiger partial charge in [-0.25, -0.2) is 0 Å². The second-order valence-electron chi connectivity index (χ2n) is 3.92. The molecule has 1 aromatic rings. The molecule has 88 valence electrons. The van der Waals surface area contributed by atoms with Gasteiger partial charge in [-0.15, -0.1) is 11.6 Å². The Bertz CT molecular complexity index is 334. The molecule has 1 amide bonds. The summed E-state index contributed by atoms with van der Waals surface area (Å²) in [4.78, 5) is 11.3. The number of amides is 1. The van der Waals surface area contributed by atoms with Crippen LogP contribution in [0.5, 0.6) is 0 Å². The lowest BCUT2D eigenvalue weighted by Crippen LogP contribution is -2.11.